The third kappa shape index (κ3) is 2.91. The van der Waals surface area contributed by atoms with Crippen molar-refractivity contribution in [3.8, 4) is 0 Å². The van der Waals surface area contributed by atoms with E-state index in [1.807, 2.05) is 0 Å². The fourth-order valence-corrected chi connectivity index (χ4v) is 1.94. The molecule has 2 aromatic rings. The van der Waals surface area contributed by atoms with Gasteiger partial charge in [-0.1, -0.05) is 11.2 Å². The van der Waals surface area contributed by atoms with E-state index in [1.165, 1.54) is 16.7 Å². The molecule has 0 amide bonds. The normalized spacial score (nSPS) is 11.7. The predicted molar refractivity (Wildman–Crippen MR) is 73.4 cm³/mol. The standard InChI is InChI=1S/C14H13F2N3O2/c1-8-2-4-10(13(17)18-21)14(20)19(8)7-9-3-5-11(15)12(16)6-9/h2-6,21H,7H2,1H3,(H2,17,18). The summed E-state index contributed by atoms with van der Waals surface area (Å²) in [6.07, 6.45) is 0. The summed E-state index contributed by atoms with van der Waals surface area (Å²) in [7, 11) is 0. The Morgan fingerprint density at radius 3 is 2.62 bits per heavy atom. The quantitative estimate of drug-likeness (QED) is 0.390. The zero-order valence-electron chi connectivity index (χ0n) is 11.2. The van der Waals surface area contributed by atoms with Crippen molar-refractivity contribution in [1.29, 1.82) is 0 Å². The Balaban J connectivity index is 2.49. The van der Waals surface area contributed by atoms with Crippen LogP contribution in [0.25, 0.3) is 0 Å². The fourth-order valence-electron chi connectivity index (χ4n) is 1.94. The van der Waals surface area contributed by atoms with E-state index in [0.717, 1.165) is 12.1 Å². The molecule has 0 aliphatic heterocycles. The van der Waals surface area contributed by atoms with E-state index in [1.54, 1.807) is 13.0 Å². The lowest BCUT2D eigenvalue weighted by atomic mass is 10.1. The number of pyridine rings is 1. The van der Waals surface area contributed by atoms with Gasteiger partial charge in [-0.2, -0.15) is 0 Å². The first-order chi connectivity index (χ1) is 9.93. The lowest BCUT2D eigenvalue weighted by molar-refractivity contribution is 0.318. The van der Waals surface area contributed by atoms with E-state index >= 15 is 0 Å². The van der Waals surface area contributed by atoms with E-state index in [-0.39, 0.29) is 17.9 Å². The van der Waals surface area contributed by atoms with Crippen LogP contribution in [0, 0.1) is 18.6 Å². The Kier molecular flexibility index (Phi) is 4.02. The van der Waals surface area contributed by atoms with Crippen LogP contribution in [0.4, 0.5) is 8.78 Å². The Labute approximate surface area is 118 Å². The monoisotopic (exact) mass is 293 g/mol. The lowest BCUT2D eigenvalue weighted by Crippen LogP contribution is -2.31. The maximum atomic E-state index is 13.2. The number of nitrogens with two attached hydrogens (primary N) is 1. The number of hydrogen-bond acceptors (Lipinski definition) is 3. The predicted octanol–water partition coefficient (Wildman–Crippen LogP) is 1.58. The smallest absolute Gasteiger partial charge is 0.262 e. The largest absolute Gasteiger partial charge is 0.409 e. The molecule has 0 spiro atoms. The van der Waals surface area contributed by atoms with E-state index < -0.39 is 17.2 Å². The van der Waals surface area contributed by atoms with E-state index in [2.05, 4.69) is 5.16 Å². The second-order valence-corrected chi connectivity index (χ2v) is 4.51. The number of rotatable bonds is 3. The number of aryl methyl sites for hydroxylation is 1. The van der Waals surface area contributed by atoms with Crippen LogP contribution >= 0.6 is 0 Å². The van der Waals surface area contributed by atoms with Crippen molar-refractivity contribution in [2.75, 3.05) is 0 Å². The highest BCUT2D eigenvalue weighted by Gasteiger charge is 2.11. The minimum Gasteiger partial charge on any atom is -0.409 e. The molecule has 1 aromatic heterocycles. The average Bonchev–Trinajstić information content (AvgIpc) is 2.46. The van der Waals surface area contributed by atoms with Crippen LogP contribution in [0.3, 0.4) is 0 Å². The summed E-state index contributed by atoms with van der Waals surface area (Å²) in [4.78, 5) is 12.3. The van der Waals surface area contributed by atoms with Gasteiger partial charge in [0, 0.05) is 5.69 Å². The number of amidine groups is 1. The maximum Gasteiger partial charge on any atom is 0.262 e. The van der Waals surface area contributed by atoms with Crippen LogP contribution in [0.5, 0.6) is 0 Å². The van der Waals surface area contributed by atoms with Crippen molar-refractivity contribution < 1.29 is 14.0 Å². The molecule has 2 rings (SSSR count). The summed E-state index contributed by atoms with van der Waals surface area (Å²) < 4.78 is 27.5. The van der Waals surface area contributed by atoms with Crippen LogP contribution in [-0.4, -0.2) is 15.6 Å². The summed E-state index contributed by atoms with van der Waals surface area (Å²) in [6, 6.07) is 6.47. The first-order valence-electron chi connectivity index (χ1n) is 6.06. The zero-order valence-corrected chi connectivity index (χ0v) is 11.2. The Morgan fingerprint density at radius 2 is 2.00 bits per heavy atom. The molecule has 0 unspecified atom stereocenters. The van der Waals surface area contributed by atoms with E-state index in [4.69, 9.17) is 10.9 Å². The van der Waals surface area contributed by atoms with Gasteiger partial charge >= 0.3 is 0 Å². The van der Waals surface area contributed by atoms with Gasteiger partial charge in [-0.25, -0.2) is 8.78 Å². The molecule has 3 N–H and O–H groups in total. The first kappa shape index (κ1) is 14.7. The summed E-state index contributed by atoms with van der Waals surface area (Å²) in [5.41, 5.74) is 6.02. The molecular weight excluding hydrogens is 280 g/mol. The first-order valence-corrected chi connectivity index (χ1v) is 6.06. The second-order valence-electron chi connectivity index (χ2n) is 4.51. The van der Waals surface area contributed by atoms with Crippen molar-refractivity contribution in [3.63, 3.8) is 0 Å². The van der Waals surface area contributed by atoms with Gasteiger partial charge in [-0.15, -0.1) is 0 Å². The van der Waals surface area contributed by atoms with Crippen molar-refractivity contribution in [2.45, 2.75) is 13.5 Å². The number of oxime groups is 1. The highest BCUT2D eigenvalue weighted by molar-refractivity contribution is 5.96. The van der Waals surface area contributed by atoms with Crippen LogP contribution < -0.4 is 11.3 Å². The molecule has 21 heavy (non-hydrogen) atoms. The SMILES string of the molecule is Cc1ccc(/C(N)=N/O)c(=O)n1Cc1ccc(F)c(F)c1. The van der Waals surface area contributed by atoms with Gasteiger partial charge in [-0.05, 0) is 36.8 Å². The molecule has 0 saturated heterocycles. The van der Waals surface area contributed by atoms with Gasteiger partial charge in [-0.3, -0.25) is 4.79 Å². The van der Waals surface area contributed by atoms with Crippen molar-refractivity contribution in [1.82, 2.24) is 4.57 Å². The van der Waals surface area contributed by atoms with Gasteiger partial charge < -0.3 is 15.5 Å². The summed E-state index contributed by atoms with van der Waals surface area (Å²) >= 11 is 0. The van der Waals surface area contributed by atoms with E-state index in [9.17, 15) is 13.6 Å². The van der Waals surface area contributed by atoms with Gasteiger partial charge in [0.1, 0.15) is 0 Å². The van der Waals surface area contributed by atoms with Gasteiger partial charge in [0.25, 0.3) is 5.56 Å². The molecule has 0 aliphatic rings. The lowest BCUT2D eigenvalue weighted by Gasteiger charge is -2.12. The number of benzene rings is 1. The molecule has 0 radical (unpaired) electrons. The molecule has 0 fully saturated rings. The second kappa shape index (κ2) is 5.74. The minimum absolute atomic E-state index is 0.0330. The Morgan fingerprint density at radius 1 is 1.29 bits per heavy atom. The van der Waals surface area contributed by atoms with Crippen LogP contribution in [0.2, 0.25) is 0 Å². The van der Waals surface area contributed by atoms with Crippen LogP contribution in [-0.2, 0) is 6.54 Å². The topological polar surface area (TPSA) is 80.6 Å². The molecule has 5 nitrogen and oxygen atoms in total. The molecule has 110 valence electrons. The molecule has 7 heteroatoms. The third-order valence-electron chi connectivity index (χ3n) is 3.10. The summed E-state index contributed by atoms with van der Waals surface area (Å²) in [5.74, 6) is -2.24. The number of nitrogens with zero attached hydrogens (tertiary/aromatic N) is 2. The number of halogens is 2. The summed E-state index contributed by atoms with van der Waals surface area (Å²) in [5, 5.41) is 11.4. The third-order valence-corrected chi connectivity index (χ3v) is 3.10. The van der Waals surface area contributed by atoms with Crippen molar-refractivity contribution in [3.05, 3.63) is 69.1 Å². The van der Waals surface area contributed by atoms with E-state index in [0.29, 0.717) is 11.3 Å². The fraction of sp³-hybridized carbons (Fsp3) is 0.143. The average molecular weight is 293 g/mol. The molecule has 0 aliphatic carbocycles. The molecular formula is C14H13F2N3O2. The molecule has 0 bridgehead atoms. The number of hydrogen-bond donors (Lipinski definition) is 2. The molecule has 1 aromatic carbocycles. The zero-order chi connectivity index (χ0) is 15.6. The van der Waals surface area contributed by atoms with Crippen molar-refractivity contribution in [2.24, 2.45) is 10.9 Å². The molecule has 0 saturated carbocycles. The van der Waals surface area contributed by atoms with Gasteiger partial charge in [0.2, 0.25) is 0 Å². The molecule has 0 atom stereocenters. The highest BCUT2D eigenvalue weighted by atomic mass is 19.2. The molecule has 1 heterocycles. The maximum absolute atomic E-state index is 13.2. The van der Waals surface area contributed by atoms with Crippen LogP contribution in [0.1, 0.15) is 16.8 Å². The Hall–Kier alpha value is -2.70. The Bertz CT molecular complexity index is 769. The minimum atomic E-state index is -0.981. The van der Waals surface area contributed by atoms with Gasteiger partial charge in [0.15, 0.2) is 17.5 Å². The highest BCUT2D eigenvalue weighted by Crippen LogP contribution is 2.10. The summed E-state index contributed by atoms with van der Waals surface area (Å²) in [6.45, 7) is 1.74. The number of aromatic nitrogens is 1. The van der Waals surface area contributed by atoms with Gasteiger partial charge in [0.05, 0.1) is 12.1 Å². The van der Waals surface area contributed by atoms with Crippen molar-refractivity contribution >= 4 is 5.84 Å². The van der Waals surface area contributed by atoms with Crippen LogP contribution in [0.15, 0.2) is 40.3 Å².